The van der Waals surface area contributed by atoms with E-state index < -0.39 is 0 Å². The van der Waals surface area contributed by atoms with E-state index in [1.807, 2.05) is 6.20 Å². The number of nitrogens with zero attached hydrogens (tertiary/aromatic N) is 3. The second kappa shape index (κ2) is 12.5. The van der Waals surface area contributed by atoms with Crippen LogP contribution in [0.3, 0.4) is 0 Å². The van der Waals surface area contributed by atoms with Gasteiger partial charge in [0.05, 0.1) is 19.3 Å². The number of nitrogens with one attached hydrogen (secondary N) is 2. The minimum absolute atomic E-state index is 0. The van der Waals surface area contributed by atoms with Crippen LogP contribution in [0.25, 0.3) is 0 Å². The first-order valence-corrected chi connectivity index (χ1v) is 10.8. The molecule has 1 aliphatic rings. The van der Waals surface area contributed by atoms with Gasteiger partial charge in [-0.1, -0.05) is 31.2 Å². The number of thiazole rings is 1. The second-order valence-corrected chi connectivity index (χ2v) is 8.29. The Balaban J connectivity index is 0.00000300. The van der Waals surface area contributed by atoms with Crippen LogP contribution in [0.15, 0.2) is 35.5 Å². The van der Waals surface area contributed by atoms with Crippen molar-refractivity contribution in [3.05, 3.63) is 51.5 Å². The Kier molecular flexibility index (Phi) is 10.3. The number of guanidine groups is 1. The Hall–Kier alpha value is -1.23. The first kappa shape index (κ1) is 24.0. The first-order valence-electron chi connectivity index (χ1n) is 9.96. The number of halogens is 1. The number of morpholine rings is 1. The van der Waals surface area contributed by atoms with Crippen LogP contribution >= 0.6 is 35.3 Å². The molecule has 0 amide bonds. The van der Waals surface area contributed by atoms with E-state index in [4.69, 9.17) is 4.74 Å². The molecule has 3 rings (SSSR count). The van der Waals surface area contributed by atoms with E-state index in [9.17, 15) is 0 Å². The van der Waals surface area contributed by atoms with Crippen LogP contribution in [0.4, 0.5) is 0 Å². The minimum atomic E-state index is 0. The van der Waals surface area contributed by atoms with Crippen LogP contribution in [-0.4, -0.2) is 48.7 Å². The second-order valence-electron chi connectivity index (χ2n) is 7.09. The monoisotopic (exact) mass is 529 g/mol. The predicted octanol–water partition coefficient (Wildman–Crippen LogP) is 3.41. The zero-order valence-corrected chi connectivity index (χ0v) is 20.6. The van der Waals surface area contributed by atoms with Crippen molar-refractivity contribution in [1.82, 2.24) is 20.5 Å². The maximum absolute atomic E-state index is 5.63. The lowest BCUT2D eigenvalue weighted by atomic mass is 10.1. The minimum Gasteiger partial charge on any atom is -0.376 e. The number of benzene rings is 1. The molecule has 0 bridgehead atoms. The van der Waals surface area contributed by atoms with Crippen molar-refractivity contribution < 1.29 is 4.74 Å². The fourth-order valence-corrected chi connectivity index (χ4v) is 4.09. The van der Waals surface area contributed by atoms with E-state index in [-0.39, 0.29) is 24.0 Å². The van der Waals surface area contributed by atoms with Gasteiger partial charge in [-0.2, -0.15) is 0 Å². The smallest absolute Gasteiger partial charge is 0.191 e. The van der Waals surface area contributed by atoms with Crippen molar-refractivity contribution >= 4 is 41.3 Å². The fourth-order valence-electron chi connectivity index (χ4n) is 3.29. The van der Waals surface area contributed by atoms with Crippen molar-refractivity contribution in [2.24, 2.45) is 4.99 Å². The summed E-state index contributed by atoms with van der Waals surface area (Å²) in [5, 5.41) is 7.82. The summed E-state index contributed by atoms with van der Waals surface area (Å²) in [4.78, 5) is 12.5. The molecule has 160 valence electrons. The van der Waals surface area contributed by atoms with Gasteiger partial charge in [-0.3, -0.25) is 9.89 Å². The number of aryl methyl sites for hydroxylation is 1. The molecule has 1 unspecified atom stereocenters. The summed E-state index contributed by atoms with van der Waals surface area (Å²) in [5.74, 6) is 0.792. The molecular weight excluding hydrogens is 497 g/mol. The van der Waals surface area contributed by atoms with Gasteiger partial charge in [0.15, 0.2) is 5.96 Å². The van der Waals surface area contributed by atoms with Gasteiger partial charge in [-0.25, -0.2) is 4.98 Å². The molecule has 0 saturated carbocycles. The van der Waals surface area contributed by atoms with Crippen LogP contribution < -0.4 is 10.6 Å². The summed E-state index contributed by atoms with van der Waals surface area (Å²) < 4.78 is 5.63. The lowest BCUT2D eigenvalue weighted by molar-refractivity contribution is -0.0212. The first-order chi connectivity index (χ1) is 13.7. The van der Waals surface area contributed by atoms with E-state index >= 15 is 0 Å². The summed E-state index contributed by atoms with van der Waals surface area (Å²) in [6, 6.07) is 8.76. The lowest BCUT2D eigenvalue weighted by Gasteiger charge is -2.31. The molecule has 8 heteroatoms. The summed E-state index contributed by atoms with van der Waals surface area (Å²) in [7, 11) is 1.80. The maximum atomic E-state index is 5.63. The van der Waals surface area contributed by atoms with Crippen molar-refractivity contribution in [1.29, 1.82) is 0 Å². The van der Waals surface area contributed by atoms with Gasteiger partial charge in [0.25, 0.3) is 0 Å². The van der Waals surface area contributed by atoms with E-state index in [1.165, 1.54) is 16.0 Å². The summed E-state index contributed by atoms with van der Waals surface area (Å²) >= 11 is 1.75. The molecule has 1 atom stereocenters. The third-order valence-corrected chi connectivity index (χ3v) is 5.90. The average molecular weight is 529 g/mol. The standard InChI is InChI=1S/C21H31N5OS.HI/c1-4-19-12-23-20(28-19)13-25-21(22-3)24-11-17-6-5-7-18(10-17)15-26-8-9-27-16(2)14-26;/h5-7,10,12,16H,4,8-9,11,13-15H2,1-3H3,(H2,22,24,25);1H. The fraction of sp³-hybridized carbons (Fsp3) is 0.524. The molecule has 1 aliphatic heterocycles. The van der Waals surface area contributed by atoms with Crippen LogP contribution in [0.1, 0.15) is 34.9 Å². The van der Waals surface area contributed by atoms with E-state index in [1.54, 1.807) is 18.4 Å². The molecule has 29 heavy (non-hydrogen) atoms. The largest absolute Gasteiger partial charge is 0.376 e. The van der Waals surface area contributed by atoms with Gasteiger partial charge in [0.1, 0.15) is 5.01 Å². The Morgan fingerprint density at radius 1 is 1.31 bits per heavy atom. The van der Waals surface area contributed by atoms with Gasteiger partial charge in [0, 0.05) is 44.3 Å². The quantitative estimate of drug-likeness (QED) is 0.327. The van der Waals surface area contributed by atoms with Crippen LogP contribution in [0.2, 0.25) is 0 Å². The van der Waals surface area contributed by atoms with Crippen molar-refractivity contribution in [3.63, 3.8) is 0 Å². The maximum Gasteiger partial charge on any atom is 0.191 e. The molecule has 6 nitrogen and oxygen atoms in total. The van der Waals surface area contributed by atoms with E-state index in [2.05, 4.69) is 63.6 Å². The summed E-state index contributed by atoms with van der Waals surface area (Å²) in [6.45, 7) is 9.51. The van der Waals surface area contributed by atoms with Gasteiger partial charge in [-0.15, -0.1) is 35.3 Å². The highest BCUT2D eigenvalue weighted by molar-refractivity contribution is 14.0. The third-order valence-electron chi connectivity index (χ3n) is 4.76. The summed E-state index contributed by atoms with van der Waals surface area (Å²) in [6.07, 6.45) is 3.31. The molecule has 2 heterocycles. The Labute approximate surface area is 195 Å². The molecule has 0 aliphatic carbocycles. The normalized spacial score (nSPS) is 17.6. The predicted molar refractivity (Wildman–Crippen MR) is 131 cm³/mol. The molecule has 1 aromatic carbocycles. The number of hydrogen-bond donors (Lipinski definition) is 2. The van der Waals surface area contributed by atoms with Crippen LogP contribution in [0.5, 0.6) is 0 Å². The third kappa shape index (κ3) is 7.84. The number of hydrogen-bond acceptors (Lipinski definition) is 5. The van der Waals surface area contributed by atoms with E-state index in [0.29, 0.717) is 12.6 Å². The lowest BCUT2D eigenvalue weighted by Crippen LogP contribution is -2.40. The average Bonchev–Trinajstić information content (AvgIpc) is 3.16. The molecule has 1 aromatic heterocycles. The van der Waals surface area contributed by atoms with Gasteiger partial charge >= 0.3 is 0 Å². The molecule has 0 spiro atoms. The number of rotatable bonds is 7. The van der Waals surface area contributed by atoms with Crippen molar-refractivity contribution in [2.75, 3.05) is 26.7 Å². The highest BCUT2D eigenvalue weighted by Crippen LogP contribution is 2.13. The van der Waals surface area contributed by atoms with Crippen molar-refractivity contribution in [3.8, 4) is 0 Å². The van der Waals surface area contributed by atoms with Crippen molar-refractivity contribution in [2.45, 2.75) is 46.0 Å². The number of ether oxygens (including phenoxy) is 1. The zero-order valence-electron chi connectivity index (χ0n) is 17.5. The molecule has 0 radical (unpaired) electrons. The van der Waals surface area contributed by atoms with Crippen LogP contribution in [0, 0.1) is 0 Å². The SMILES string of the molecule is CCc1cnc(CNC(=NC)NCc2cccc(CN3CCOC(C)C3)c2)s1.I. The number of aliphatic imine (C=N–C) groups is 1. The Bertz CT molecular complexity index is 782. The van der Waals surface area contributed by atoms with E-state index in [0.717, 1.165) is 50.2 Å². The topological polar surface area (TPSA) is 61.8 Å². The molecule has 1 fully saturated rings. The Morgan fingerprint density at radius 2 is 2.10 bits per heavy atom. The molecule has 2 aromatic rings. The van der Waals surface area contributed by atoms with Crippen LogP contribution in [-0.2, 0) is 30.8 Å². The number of aromatic nitrogens is 1. The highest BCUT2D eigenvalue weighted by Gasteiger charge is 2.16. The zero-order chi connectivity index (χ0) is 19.8. The van der Waals surface area contributed by atoms with Gasteiger partial charge in [0.2, 0.25) is 0 Å². The molecule has 2 N–H and O–H groups in total. The molecular formula is C21H32IN5OS. The summed E-state index contributed by atoms with van der Waals surface area (Å²) in [5.41, 5.74) is 2.59. The Morgan fingerprint density at radius 3 is 2.83 bits per heavy atom. The molecule has 1 saturated heterocycles. The van der Waals surface area contributed by atoms with Gasteiger partial charge in [-0.05, 0) is 24.5 Å². The van der Waals surface area contributed by atoms with Gasteiger partial charge < -0.3 is 15.4 Å². The highest BCUT2D eigenvalue weighted by atomic mass is 127.